The van der Waals surface area contributed by atoms with Gasteiger partial charge in [-0.1, -0.05) is 101 Å². The van der Waals surface area contributed by atoms with Crippen LogP contribution in [-0.2, 0) is 12.8 Å². The van der Waals surface area contributed by atoms with E-state index in [-0.39, 0.29) is 5.82 Å². The molecule has 0 saturated heterocycles. The first-order chi connectivity index (χ1) is 16.7. The average Bonchev–Trinajstić information content (AvgIpc) is 2.88. The smallest absolute Gasteiger partial charge is 0.134 e. The van der Waals surface area contributed by atoms with Crippen molar-refractivity contribution >= 4 is 10.8 Å². The Morgan fingerprint density at radius 2 is 1.47 bits per heavy atom. The molecule has 1 fully saturated rings. The molecule has 0 amide bonds. The number of benzene rings is 3. The maximum atomic E-state index is 14.9. The molecule has 0 aliphatic heterocycles. The van der Waals surface area contributed by atoms with E-state index in [4.69, 9.17) is 0 Å². The highest BCUT2D eigenvalue weighted by Gasteiger charge is 2.19. The number of rotatable bonds is 8. The molecule has 0 unspecified atom stereocenters. The summed E-state index contributed by atoms with van der Waals surface area (Å²) in [6.07, 6.45) is 13.7. The Morgan fingerprint density at radius 1 is 0.765 bits per heavy atom. The zero-order valence-corrected chi connectivity index (χ0v) is 21.0. The van der Waals surface area contributed by atoms with Gasteiger partial charge in [0, 0.05) is 16.5 Å². The van der Waals surface area contributed by atoms with E-state index in [0.29, 0.717) is 5.39 Å². The van der Waals surface area contributed by atoms with Gasteiger partial charge < -0.3 is 0 Å². The van der Waals surface area contributed by atoms with Crippen LogP contribution in [0.25, 0.3) is 10.8 Å². The van der Waals surface area contributed by atoms with Crippen molar-refractivity contribution in [2.75, 3.05) is 0 Å². The van der Waals surface area contributed by atoms with Gasteiger partial charge in [-0.05, 0) is 78.3 Å². The summed E-state index contributed by atoms with van der Waals surface area (Å²) in [5.41, 5.74) is 4.20. The third-order valence-corrected chi connectivity index (χ3v) is 7.77. The van der Waals surface area contributed by atoms with E-state index in [2.05, 4.69) is 50.0 Å². The second-order valence-corrected chi connectivity index (χ2v) is 10.2. The summed E-state index contributed by atoms with van der Waals surface area (Å²) < 4.78 is 14.9. The fourth-order valence-corrected chi connectivity index (χ4v) is 5.37. The highest BCUT2D eigenvalue weighted by atomic mass is 19.1. The van der Waals surface area contributed by atoms with Gasteiger partial charge in [0.1, 0.15) is 5.82 Å². The second kappa shape index (κ2) is 12.2. The first-order valence-electron chi connectivity index (χ1n) is 13.5. The van der Waals surface area contributed by atoms with Gasteiger partial charge in [-0.15, -0.1) is 0 Å². The monoisotopic (exact) mass is 454 g/mol. The minimum Gasteiger partial charge on any atom is -0.206 e. The van der Waals surface area contributed by atoms with Gasteiger partial charge in [0.2, 0.25) is 0 Å². The van der Waals surface area contributed by atoms with Crippen LogP contribution in [0.5, 0.6) is 0 Å². The van der Waals surface area contributed by atoms with Crippen LogP contribution < -0.4 is 0 Å². The summed E-state index contributed by atoms with van der Waals surface area (Å²) in [5.74, 6) is 8.37. The molecule has 3 aromatic carbocycles. The molecule has 1 aliphatic rings. The number of hydrogen-bond donors (Lipinski definition) is 0. The van der Waals surface area contributed by atoms with Gasteiger partial charge in [0.15, 0.2) is 0 Å². The van der Waals surface area contributed by atoms with Gasteiger partial charge in [-0.2, -0.15) is 0 Å². The van der Waals surface area contributed by atoms with Crippen molar-refractivity contribution in [1.29, 1.82) is 0 Å². The molecule has 0 nitrogen and oxygen atoms in total. The standard InChI is InChI=1S/C33H39F/c1-3-5-6-7-30-21-22-31-24-29(20-23-32(31)33(30)34)19-18-28-16-14-27(15-17-28)13-12-26-10-8-25(4-2)9-11-26/h14-17,20-26H,3-13H2,1-2H3. The van der Waals surface area contributed by atoms with Gasteiger partial charge in [0.05, 0.1) is 0 Å². The molecular weight excluding hydrogens is 415 g/mol. The maximum absolute atomic E-state index is 14.9. The van der Waals surface area contributed by atoms with E-state index in [1.165, 1.54) is 50.5 Å². The predicted octanol–water partition coefficient (Wildman–Crippen LogP) is 9.26. The van der Waals surface area contributed by atoms with E-state index in [1.807, 2.05) is 30.3 Å². The number of aryl methyl sites for hydroxylation is 2. The first kappa shape index (κ1) is 24.5. The van der Waals surface area contributed by atoms with E-state index in [9.17, 15) is 4.39 Å². The molecule has 1 aliphatic carbocycles. The molecule has 0 spiro atoms. The fourth-order valence-electron chi connectivity index (χ4n) is 5.37. The van der Waals surface area contributed by atoms with Crippen LogP contribution in [0.15, 0.2) is 54.6 Å². The topological polar surface area (TPSA) is 0 Å². The van der Waals surface area contributed by atoms with Crippen LogP contribution in [0.3, 0.4) is 0 Å². The average molecular weight is 455 g/mol. The number of unbranched alkanes of at least 4 members (excludes halogenated alkanes) is 2. The zero-order chi connectivity index (χ0) is 23.8. The van der Waals surface area contributed by atoms with Crippen molar-refractivity contribution in [3.05, 3.63) is 82.7 Å². The summed E-state index contributed by atoms with van der Waals surface area (Å²) in [6, 6.07) is 18.6. The number of fused-ring (bicyclic) bond motifs is 1. The van der Waals surface area contributed by atoms with Crippen molar-refractivity contribution in [1.82, 2.24) is 0 Å². The lowest BCUT2D eigenvalue weighted by atomic mass is 9.78. The maximum Gasteiger partial charge on any atom is 0.134 e. The molecule has 178 valence electrons. The summed E-state index contributed by atoms with van der Waals surface area (Å²) in [5, 5.41) is 1.62. The minimum absolute atomic E-state index is 0.0675. The summed E-state index contributed by atoms with van der Waals surface area (Å²) >= 11 is 0. The lowest BCUT2D eigenvalue weighted by molar-refractivity contribution is 0.259. The Morgan fingerprint density at radius 3 is 2.21 bits per heavy atom. The van der Waals surface area contributed by atoms with Crippen LogP contribution in [-0.4, -0.2) is 0 Å². The third kappa shape index (κ3) is 6.50. The molecule has 1 heteroatoms. The third-order valence-electron chi connectivity index (χ3n) is 7.77. The Hall–Kier alpha value is -2.59. The Kier molecular flexibility index (Phi) is 8.81. The van der Waals surface area contributed by atoms with Gasteiger partial charge >= 0.3 is 0 Å². The van der Waals surface area contributed by atoms with Crippen LogP contribution in [0.1, 0.15) is 93.9 Å². The van der Waals surface area contributed by atoms with Crippen molar-refractivity contribution in [3.8, 4) is 11.8 Å². The molecule has 0 bridgehead atoms. The van der Waals surface area contributed by atoms with Gasteiger partial charge in [-0.25, -0.2) is 4.39 Å². The largest absolute Gasteiger partial charge is 0.206 e. The summed E-state index contributed by atoms with van der Waals surface area (Å²) in [7, 11) is 0. The van der Waals surface area contributed by atoms with E-state index in [1.54, 1.807) is 0 Å². The van der Waals surface area contributed by atoms with Gasteiger partial charge in [0.25, 0.3) is 0 Å². The quantitative estimate of drug-likeness (QED) is 0.235. The molecule has 0 radical (unpaired) electrons. The van der Waals surface area contributed by atoms with Crippen LogP contribution in [0.2, 0.25) is 0 Å². The Bertz CT molecular complexity index is 1120. The molecule has 4 rings (SSSR count). The zero-order valence-electron chi connectivity index (χ0n) is 21.0. The highest BCUT2D eigenvalue weighted by molar-refractivity contribution is 5.85. The molecule has 34 heavy (non-hydrogen) atoms. The molecule has 0 aromatic heterocycles. The SMILES string of the molecule is CCCCCc1ccc2cc(C#Cc3ccc(CCC4CCC(CC)CC4)cc3)ccc2c1F. The van der Waals surface area contributed by atoms with Crippen molar-refractivity contribution < 1.29 is 4.39 Å². The molecule has 1 saturated carbocycles. The molecule has 0 N–H and O–H groups in total. The first-order valence-corrected chi connectivity index (χ1v) is 13.5. The minimum atomic E-state index is -0.0675. The van der Waals surface area contributed by atoms with Crippen LogP contribution >= 0.6 is 0 Å². The fraction of sp³-hybridized carbons (Fsp3) is 0.455. The second-order valence-electron chi connectivity index (χ2n) is 10.2. The molecule has 0 atom stereocenters. The number of hydrogen-bond acceptors (Lipinski definition) is 0. The van der Waals surface area contributed by atoms with E-state index >= 15 is 0 Å². The van der Waals surface area contributed by atoms with Gasteiger partial charge in [-0.3, -0.25) is 0 Å². The molecular formula is C33H39F. The van der Waals surface area contributed by atoms with E-state index in [0.717, 1.165) is 59.6 Å². The molecule has 3 aromatic rings. The normalized spacial score (nSPS) is 18.0. The lowest BCUT2D eigenvalue weighted by Crippen LogP contribution is -2.14. The predicted molar refractivity (Wildman–Crippen MR) is 144 cm³/mol. The Balaban J connectivity index is 1.35. The molecule has 0 heterocycles. The summed E-state index contributed by atoms with van der Waals surface area (Å²) in [6.45, 7) is 4.51. The van der Waals surface area contributed by atoms with Crippen molar-refractivity contribution in [2.45, 2.75) is 84.5 Å². The Labute approximate surface area is 206 Å². The number of halogens is 1. The highest BCUT2D eigenvalue weighted by Crippen LogP contribution is 2.33. The van der Waals surface area contributed by atoms with Crippen molar-refractivity contribution in [3.63, 3.8) is 0 Å². The lowest BCUT2D eigenvalue weighted by Gasteiger charge is -2.27. The van der Waals surface area contributed by atoms with Crippen molar-refractivity contribution in [2.24, 2.45) is 11.8 Å². The summed E-state index contributed by atoms with van der Waals surface area (Å²) in [4.78, 5) is 0. The van der Waals surface area contributed by atoms with Crippen LogP contribution in [0, 0.1) is 29.5 Å². The van der Waals surface area contributed by atoms with Crippen LogP contribution in [0.4, 0.5) is 4.39 Å². The van der Waals surface area contributed by atoms with E-state index < -0.39 is 0 Å².